The fourth-order valence-electron chi connectivity index (χ4n) is 4.77. The van der Waals surface area contributed by atoms with Crippen LogP contribution in [-0.4, -0.2) is 53.6 Å². The van der Waals surface area contributed by atoms with Crippen molar-refractivity contribution in [1.82, 2.24) is 15.5 Å². The normalized spacial score (nSPS) is 20.5. The van der Waals surface area contributed by atoms with Crippen molar-refractivity contribution in [3.8, 4) is 0 Å². The molecule has 182 valence electrons. The molecule has 2 fully saturated rings. The Kier molecular flexibility index (Phi) is 6.14. The zero-order valence-corrected chi connectivity index (χ0v) is 19.9. The summed E-state index contributed by atoms with van der Waals surface area (Å²) in [6.07, 6.45) is 3.52. The number of hydrogen-bond donors (Lipinski definition) is 3. The summed E-state index contributed by atoms with van der Waals surface area (Å²) in [5, 5.41) is 10.5. The van der Waals surface area contributed by atoms with Crippen LogP contribution in [-0.2, 0) is 19.8 Å². The van der Waals surface area contributed by atoms with E-state index >= 15 is 0 Å². The highest BCUT2D eigenvalue weighted by molar-refractivity contribution is 7.10. The van der Waals surface area contributed by atoms with E-state index in [0.29, 0.717) is 18.8 Å². The summed E-state index contributed by atoms with van der Waals surface area (Å²) >= 11 is 1.62. The topological polar surface area (TPSA) is 125 Å². The number of hydrogen-bond acceptors (Lipinski definition) is 7. The molecule has 1 aromatic carbocycles. The first kappa shape index (κ1) is 23.2. The van der Waals surface area contributed by atoms with Gasteiger partial charge in [0.25, 0.3) is 11.8 Å². The maximum atomic E-state index is 13.1. The molecule has 0 spiro atoms. The molecule has 10 heteroatoms. The number of benzene rings is 1. The van der Waals surface area contributed by atoms with Crippen molar-refractivity contribution in [1.29, 1.82) is 0 Å². The number of rotatable bonds is 9. The lowest BCUT2D eigenvalue weighted by atomic mass is 10.0. The number of thiophene rings is 1. The molecular formula is C25H26N4O5S. The van der Waals surface area contributed by atoms with Crippen molar-refractivity contribution in [2.24, 2.45) is 0 Å². The van der Waals surface area contributed by atoms with E-state index in [9.17, 15) is 24.0 Å². The van der Waals surface area contributed by atoms with Crippen LogP contribution in [0, 0.1) is 0 Å². The van der Waals surface area contributed by atoms with E-state index in [2.05, 4.69) is 16.0 Å². The maximum absolute atomic E-state index is 13.1. The van der Waals surface area contributed by atoms with Gasteiger partial charge in [0.2, 0.25) is 17.7 Å². The Bertz CT molecular complexity index is 1200. The van der Waals surface area contributed by atoms with Gasteiger partial charge in [-0.25, -0.2) is 0 Å². The van der Waals surface area contributed by atoms with E-state index < -0.39 is 29.7 Å². The van der Waals surface area contributed by atoms with Crippen LogP contribution >= 0.6 is 11.3 Å². The molecule has 0 radical (unpaired) electrons. The van der Waals surface area contributed by atoms with Crippen molar-refractivity contribution >= 4 is 46.6 Å². The zero-order chi connectivity index (χ0) is 24.6. The number of piperidine rings is 1. The van der Waals surface area contributed by atoms with Gasteiger partial charge in [-0.05, 0) is 55.7 Å². The molecule has 1 aliphatic carbocycles. The fourth-order valence-corrected chi connectivity index (χ4v) is 5.75. The fraction of sp³-hybridized carbons (Fsp3) is 0.400. The van der Waals surface area contributed by atoms with E-state index in [1.807, 2.05) is 17.5 Å². The van der Waals surface area contributed by atoms with E-state index in [1.54, 1.807) is 29.5 Å². The molecule has 9 nitrogen and oxygen atoms in total. The standard InChI is InChI=1S/C25H26N4O5S/c30-19-9-8-17(21(31)28-19)29-22(32)15-5-3-6-16(20(15)23(29)33)26-12-1-2-13-27-24(34)25(10-11-25)18-7-4-14-35-18/h3-7,14,17,26H,1-2,8-13H2,(H,27,34)(H,28,30,31). The van der Waals surface area contributed by atoms with Gasteiger partial charge in [-0.15, -0.1) is 11.3 Å². The highest BCUT2D eigenvalue weighted by Crippen LogP contribution is 2.50. The number of carbonyl (C=O) groups is 5. The molecule has 1 saturated carbocycles. The van der Waals surface area contributed by atoms with Gasteiger partial charge in [0, 0.05) is 30.1 Å². The quantitative estimate of drug-likeness (QED) is 0.363. The van der Waals surface area contributed by atoms with Gasteiger partial charge >= 0.3 is 0 Å². The van der Waals surface area contributed by atoms with Gasteiger partial charge in [-0.2, -0.15) is 0 Å². The number of carbonyl (C=O) groups excluding carboxylic acids is 5. The number of nitrogens with zero attached hydrogens (tertiary/aromatic N) is 1. The highest BCUT2D eigenvalue weighted by Gasteiger charge is 2.52. The Morgan fingerprint density at radius 3 is 2.57 bits per heavy atom. The summed E-state index contributed by atoms with van der Waals surface area (Å²) in [5.74, 6) is -1.99. The first-order valence-electron chi connectivity index (χ1n) is 11.8. The van der Waals surface area contributed by atoms with E-state index in [1.165, 1.54) is 0 Å². The van der Waals surface area contributed by atoms with Gasteiger partial charge in [0.15, 0.2) is 0 Å². The van der Waals surface area contributed by atoms with Crippen LogP contribution in [0.1, 0.15) is 64.1 Å². The molecule has 3 aliphatic rings. The Hall–Kier alpha value is -3.53. The number of nitrogens with one attached hydrogen (secondary N) is 3. The average molecular weight is 495 g/mol. The monoisotopic (exact) mass is 494 g/mol. The van der Waals surface area contributed by atoms with Crippen LogP contribution in [0.5, 0.6) is 0 Å². The van der Waals surface area contributed by atoms with Crippen molar-refractivity contribution in [2.45, 2.75) is 50.0 Å². The molecule has 3 N–H and O–H groups in total. The minimum absolute atomic E-state index is 0.0832. The van der Waals surface area contributed by atoms with Crippen molar-refractivity contribution in [3.63, 3.8) is 0 Å². The highest BCUT2D eigenvalue weighted by atomic mass is 32.1. The number of fused-ring (bicyclic) bond motifs is 1. The Balaban J connectivity index is 1.14. The molecular weight excluding hydrogens is 468 g/mol. The molecule has 3 heterocycles. The van der Waals surface area contributed by atoms with Crippen molar-refractivity contribution in [3.05, 3.63) is 51.7 Å². The third-order valence-corrected chi connectivity index (χ3v) is 7.92. The predicted octanol–water partition coefficient (Wildman–Crippen LogP) is 2.19. The molecule has 1 unspecified atom stereocenters. The van der Waals surface area contributed by atoms with Crippen LogP contribution in [0.3, 0.4) is 0 Å². The second-order valence-corrected chi connectivity index (χ2v) is 10.1. The molecule has 1 atom stereocenters. The van der Waals surface area contributed by atoms with E-state index in [4.69, 9.17) is 0 Å². The summed E-state index contributed by atoms with van der Waals surface area (Å²) in [4.78, 5) is 64.5. The lowest BCUT2D eigenvalue weighted by Crippen LogP contribution is -2.54. The van der Waals surface area contributed by atoms with E-state index in [-0.39, 0.29) is 35.3 Å². The van der Waals surface area contributed by atoms with Gasteiger partial charge in [-0.1, -0.05) is 12.1 Å². The summed E-state index contributed by atoms with van der Waals surface area (Å²) in [5.41, 5.74) is 0.704. The maximum Gasteiger partial charge on any atom is 0.264 e. The SMILES string of the molecule is O=C1CCC(N2C(=O)c3cccc(NCCCCNC(=O)C4(c5cccs5)CC4)c3C2=O)C(=O)N1. The molecule has 2 aromatic rings. The average Bonchev–Trinajstić information content (AvgIpc) is 3.38. The van der Waals surface area contributed by atoms with E-state index in [0.717, 1.165) is 35.5 Å². The number of anilines is 1. The molecule has 5 amide bonds. The van der Waals surface area contributed by atoms with Gasteiger partial charge in [0.1, 0.15) is 6.04 Å². The van der Waals surface area contributed by atoms with Crippen LogP contribution in [0.4, 0.5) is 5.69 Å². The minimum Gasteiger partial charge on any atom is -0.384 e. The van der Waals surface area contributed by atoms with Gasteiger partial charge < -0.3 is 10.6 Å². The summed E-state index contributed by atoms with van der Waals surface area (Å²) < 4.78 is 0. The van der Waals surface area contributed by atoms with Crippen LogP contribution in [0.25, 0.3) is 0 Å². The summed E-state index contributed by atoms with van der Waals surface area (Å²) in [6.45, 7) is 1.13. The first-order chi connectivity index (χ1) is 16.9. The Labute approximate surface area is 206 Å². The zero-order valence-electron chi connectivity index (χ0n) is 19.1. The third-order valence-electron chi connectivity index (χ3n) is 6.85. The molecule has 0 bridgehead atoms. The lowest BCUT2D eigenvalue weighted by Gasteiger charge is -2.27. The minimum atomic E-state index is -0.986. The molecule has 2 aliphatic heterocycles. The largest absolute Gasteiger partial charge is 0.384 e. The molecule has 1 saturated heterocycles. The second kappa shape index (κ2) is 9.26. The first-order valence-corrected chi connectivity index (χ1v) is 12.7. The molecule has 5 rings (SSSR count). The smallest absolute Gasteiger partial charge is 0.264 e. The number of amides is 5. The number of imide groups is 2. The second-order valence-electron chi connectivity index (χ2n) is 9.12. The van der Waals surface area contributed by atoms with Gasteiger partial charge in [0.05, 0.1) is 16.5 Å². The number of unbranched alkanes of at least 4 members (excludes halogenated alkanes) is 1. The van der Waals surface area contributed by atoms with Crippen LogP contribution < -0.4 is 16.0 Å². The third kappa shape index (κ3) is 4.22. The van der Waals surface area contributed by atoms with Crippen molar-refractivity contribution < 1.29 is 24.0 Å². The lowest BCUT2D eigenvalue weighted by molar-refractivity contribution is -0.136. The Morgan fingerprint density at radius 1 is 1.06 bits per heavy atom. The summed E-state index contributed by atoms with van der Waals surface area (Å²) in [6, 6.07) is 8.01. The van der Waals surface area contributed by atoms with Crippen LogP contribution in [0.15, 0.2) is 35.7 Å². The van der Waals surface area contributed by atoms with Crippen molar-refractivity contribution in [2.75, 3.05) is 18.4 Å². The molecule has 35 heavy (non-hydrogen) atoms. The molecule has 1 aromatic heterocycles. The van der Waals surface area contributed by atoms with Crippen LogP contribution in [0.2, 0.25) is 0 Å². The Morgan fingerprint density at radius 2 is 1.86 bits per heavy atom. The summed E-state index contributed by atoms with van der Waals surface area (Å²) in [7, 11) is 0. The van der Waals surface area contributed by atoms with Gasteiger partial charge in [-0.3, -0.25) is 34.2 Å². The predicted molar refractivity (Wildman–Crippen MR) is 129 cm³/mol.